The van der Waals surface area contributed by atoms with Gasteiger partial charge < -0.3 is 4.98 Å². The molecule has 198 valence electrons. The number of piperidine rings is 2. The number of rotatable bonds is 5. The first kappa shape index (κ1) is 24.0. The zero-order valence-electron chi connectivity index (χ0n) is 23.1. The van der Waals surface area contributed by atoms with E-state index in [1.807, 2.05) is 27.6 Å². The summed E-state index contributed by atoms with van der Waals surface area (Å²) in [6.45, 7) is 13.5. The standard InChI is InChI=1S/C29H36N8S/c1-15(2)24-25-18(5)27(22-9-21-8-7-19(22)10-36(21)12-20-11-35(6)34-33-20)38-29(25)32-26(24)23-13-37-28(30-14-31-37)17(4)16(23)3/h11,13-15,19,21-22,32H,7-10,12H2,1-6H3/t19-,21?,22+/m0/s1. The van der Waals surface area contributed by atoms with Crippen LogP contribution in [0.2, 0.25) is 0 Å². The molecule has 3 atom stereocenters. The van der Waals surface area contributed by atoms with Crippen molar-refractivity contribution in [1.29, 1.82) is 0 Å². The molecule has 9 heteroatoms. The molecule has 8 nitrogen and oxygen atoms in total. The van der Waals surface area contributed by atoms with Crippen molar-refractivity contribution >= 4 is 27.2 Å². The van der Waals surface area contributed by atoms with Crippen LogP contribution in [0.25, 0.3) is 27.1 Å². The summed E-state index contributed by atoms with van der Waals surface area (Å²) >= 11 is 2.01. The Morgan fingerprint density at radius 3 is 2.66 bits per heavy atom. The lowest BCUT2D eigenvalue weighted by molar-refractivity contribution is 0.0257. The third-order valence-electron chi connectivity index (χ3n) is 9.24. The molecule has 0 spiro atoms. The van der Waals surface area contributed by atoms with Gasteiger partial charge in [0.25, 0.3) is 0 Å². The number of hydrogen-bond donors (Lipinski definition) is 1. The van der Waals surface area contributed by atoms with Crippen molar-refractivity contribution in [3.05, 3.63) is 51.5 Å². The third-order valence-corrected chi connectivity index (χ3v) is 10.6. The molecule has 2 aliphatic heterocycles. The summed E-state index contributed by atoms with van der Waals surface area (Å²) in [6, 6.07) is 0.631. The van der Waals surface area contributed by atoms with Gasteiger partial charge in [-0.05, 0) is 80.0 Å². The molecular formula is C29H36N8S. The normalized spacial score (nSPS) is 22.0. The summed E-state index contributed by atoms with van der Waals surface area (Å²) in [6.07, 6.45) is 9.73. The van der Waals surface area contributed by atoms with Gasteiger partial charge in [0, 0.05) is 54.4 Å². The largest absolute Gasteiger partial charge is 0.346 e. The van der Waals surface area contributed by atoms with Crippen molar-refractivity contribution in [3.8, 4) is 11.3 Å². The van der Waals surface area contributed by atoms with Crippen LogP contribution in [-0.4, -0.2) is 52.1 Å². The van der Waals surface area contributed by atoms with Gasteiger partial charge in [0.15, 0.2) is 5.65 Å². The van der Waals surface area contributed by atoms with Crippen LogP contribution in [-0.2, 0) is 13.6 Å². The van der Waals surface area contributed by atoms with Crippen molar-refractivity contribution < 1.29 is 0 Å². The van der Waals surface area contributed by atoms with Gasteiger partial charge in [-0.1, -0.05) is 19.1 Å². The molecule has 3 aliphatic rings. The molecule has 1 N–H and O–H groups in total. The number of thiophene rings is 1. The van der Waals surface area contributed by atoms with Crippen LogP contribution in [0.4, 0.5) is 0 Å². The van der Waals surface area contributed by atoms with Crippen molar-refractivity contribution in [1.82, 2.24) is 39.5 Å². The minimum absolute atomic E-state index is 0.413. The highest BCUT2D eigenvalue weighted by molar-refractivity contribution is 7.19. The average molecular weight is 529 g/mol. The Labute approximate surface area is 227 Å². The SMILES string of the molecule is Cc1c(-c2[nH]c3sc([C@@H]4CC5CC[C@H]4CN5Cc4cn(C)nn4)c(C)c3c2C(C)C)cn2ncnc2c1C. The summed E-state index contributed by atoms with van der Waals surface area (Å²) in [5, 5.41) is 14.4. The lowest BCUT2D eigenvalue weighted by atomic mass is 9.70. The fraction of sp³-hybridized carbons (Fsp3) is 0.517. The topological polar surface area (TPSA) is 79.9 Å². The van der Waals surface area contributed by atoms with E-state index in [1.165, 1.54) is 63.0 Å². The Morgan fingerprint density at radius 1 is 1.11 bits per heavy atom. The Balaban J connectivity index is 1.26. The molecular weight excluding hydrogens is 492 g/mol. The number of H-pyrrole nitrogens is 1. The lowest BCUT2D eigenvalue weighted by Gasteiger charge is -2.49. The monoisotopic (exact) mass is 528 g/mol. The van der Waals surface area contributed by atoms with Gasteiger partial charge in [0.1, 0.15) is 11.2 Å². The van der Waals surface area contributed by atoms with Gasteiger partial charge in [-0.25, -0.2) is 9.50 Å². The van der Waals surface area contributed by atoms with E-state index >= 15 is 0 Å². The molecule has 1 unspecified atom stereocenters. The number of nitrogens with zero attached hydrogens (tertiary/aromatic N) is 7. The van der Waals surface area contributed by atoms with Gasteiger partial charge >= 0.3 is 0 Å². The Bertz CT molecular complexity index is 1670. The van der Waals surface area contributed by atoms with Crippen LogP contribution in [0.5, 0.6) is 0 Å². The summed E-state index contributed by atoms with van der Waals surface area (Å²) in [7, 11) is 1.95. The van der Waals surface area contributed by atoms with E-state index in [-0.39, 0.29) is 0 Å². The quantitative estimate of drug-likeness (QED) is 0.308. The second-order valence-corrected chi connectivity index (χ2v) is 12.9. The van der Waals surface area contributed by atoms with Gasteiger partial charge in [0.05, 0.1) is 11.4 Å². The fourth-order valence-corrected chi connectivity index (χ4v) is 8.68. The highest BCUT2D eigenvalue weighted by Crippen LogP contribution is 2.51. The first-order valence-corrected chi connectivity index (χ1v) is 14.7. The maximum Gasteiger partial charge on any atom is 0.158 e. The van der Waals surface area contributed by atoms with Crippen LogP contribution < -0.4 is 0 Å². The molecule has 3 fully saturated rings. The summed E-state index contributed by atoms with van der Waals surface area (Å²) in [5.41, 5.74) is 9.88. The van der Waals surface area contributed by atoms with Crippen LogP contribution in [0.3, 0.4) is 0 Å². The Kier molecular flexibility index (Phi) is 5.53. The smallest absolute Gasteiger partial charge is 0.158 e. The number of nitrogens with one attached hydrogen (secondary N) is 1. The first-order valence-electron chi connectivity index (χ1n) is 13.8. The highest BCUT2D eigenvalue weighted by atomic mass is 32.1. The average Bonchev–Trinajstić information content (AvgIpc) is 3.67. The van der Waals surface area contributed by atoms with E-state index in [0.717, 1.165) is 24.4 Å². The molecule has 2 saturated heterocycles. The van der Waals surface area contributed by atoms with Gasteiger partial charge in [-0.2, -0.15) is 5.10 Å². The zero-order chi connectivity index (χ0) is 26.3. The molecule has 0 amide bonds. The maximum absolute atomic E-state index is 4.46. The number of pyridine rings is 1. The zero-order valence-corrected chi connectivity index (χ0v) is 23.9. The Morgan fingerprint density at radius 2 is 1.95 bits per heavy atom. The lowest BCUT2D eigenvalue weighted by Crippen LogP contribution is -2.50. The van der Waals surface area contributed by atoms with E-state index in [2.05, 4.69) is 77.3 Å². The van der Waals surface area contributed by atoms with E-state index in [4.69, 9.17) is 0 Å². The van der Waals surface area contributed by atoms with Gasteiger partial charge in [-0.15, -0.1) is 16.4 Å². The van der Waals surface area contributed by atoms with Crippen molar-refractivity contribution in [3.63, 3.8) is 0 Å². The molecule has 0 radical (unpaired) electrons. The fourth-order valence-electron chi connectivity index (χ4n) is 7.25. The molecule has 8 rings (SSSR count). The molecule has 1 aliphatic carbocycles. The second-order valence-electron chi connectivity index (χ2n) is 11.8. The highest BCUT2D eigenvalue weighted by Gasteiger charge is 2.42. The maximum atomic E-state index is 4.46. The van der Waals surface area contributed by atoms with Gasteiger partial charge in [-0.3, -0.25) is 9.58 Å². The summed E-state index contributed by atoms with van der Waals surface area (Å²) < 4.78 is 3.73. The number of hydrogen-bond acceptors (Lipinski definition) is 6. The first-order chi connectivity index (χ1) is 18.3. The predicted octanol–water partition coefficient (Wildman–Crippen LogP) is 5.88. The molecule has 7 heterocycles. The molecule has 38 heavy (non-hydrogen) atoms. The molecule has 1 saturated carbocycles. The number of aromatic nitrogens is 7. The number of aromatic amines is 1. The van der Waals surface area contributed by atoms with E-state index in [1.54, 1.807) is 11.2 Å². The van der Waals surface area contributed by atoms with E-state index in [9.17, 15) is 0 Å². The molecule has 5 aromatic rings. The van der Waals surface area contributed by atoms with Crippen LogP contribution in [0.1, 0.15) is 77.8 Å². The van der Waals surface area contributed by atoms with E-state index < -0.39 is 0 Å². The van der Waals surface area contributed by atoms with Crippen LogP contribution in [0.15, 0.2) is 18.7 Å². The second kappa shape index (κ2) is 8.74. The minimum atomic E-state index is 0.413. The third kappa shape index (κ3) is 3.58. The summed E-state index contributed by atoms with van der Waals surface area (Å²) in [4.78, 5) is 14.0. The molecule has 2 bridgehead atoms. The Hall–Kier alpha value is -3.04. The van der Waals surface area contributed by atoms with E-state index in [0.29, 0.717) is 23.8 Å². The van der Waals surface area contributed by atoms with Crippen molar-refractivity contribution in [2.24, 2.45) is 13.0 Å². The summed E-state index contributed by atoms with van der Waals surface area (Å²) in [5.74, 6) is 1.77. The van der Waals surface area contributed by atoms with Crippen LogP contribution >= 0.6 is 11.3 Å². The van der Waals surface area contributed by atoms with Crippen molar-refractivity contribution in [2.75, 3.05) is 6.54 Å². The van der Waals surface area contributed by atoms with Gasteiger partial charge in [0.2, 0.25) is 0 Å². The molecule has 0 aromatic carbocycles. The number of aryl methyl sites for hydroxylation is 3. The van der Waals surface area contributed by atoms with Crippen molar-refractivity contribution in [2.45, 2.75) is 78.3 Å². The number of fused-ring (bicyclic) bond motifs is 5. The molecule has 5 aromatic heterocycles. The van der Waals surface area contributed by atoms with Crippen LogP contribution in [0, 0.1) is 26.7 Å². The minimum Gasteiger partial charge on any atom is -0.346 e. The predicted molar refractivity (Wildman–Crippen MR) is 152 cm³/mol.